The SMILES string of the molecule is Cc1cn(P(C)C)c2ccccc12. The van der Waals surface area contributed by atoms with Crippen LogP contribution in [-0.2, 0) is 0 Å². The summed E-state index contributed by atoms with van der Waals surface area (Å²) >= 11 is 0. The fourth-order valence-electron chi connectivity index (χ4n) is 1.66. The first-order valence-corrected chi connectivity index (χ1v) is 6.63. The topological polar surface area (TPSA) is 4.93 Å². The van der Waals surface area contributed by atoms with E-state index in [0.29, 0.717) is 0 Å². The Morgan fingerprint density at radius 3 is 2.54 bits per heavy atom. The highest BCUT2D eigenvalue weighted by Gasteiger charge is 2.05. The fraction of sp³-hybridized carbons (Fsp3) is 0.273. The number of nitrogens with zero attached hydrogens (tertiary/aromatic N) is 1. The van der Waals surface area contributed by atoms with E-state index in [1.165, 1.54) is 16.5 Å². The molecule has 2 aromatic rings. The summed E-state index contributed by atoms with van der Waals surface area (Å²) in [4.78, 5) is 0. The second kappa shape index (κ2) is 3.16. The van der Waals surface area contributed by atoms with Gasteiger partial charge in [-0.25, -0.2) is 0 Å². The Kier molecular flexibility index (Phi) is 2.13. The van der Waals surface area contributed by atoms with Crippen molar-refractivity contribution in [2.24, 2.45) is 0 Å². The van der Waals surface area contributed by atoms with E-state index in [-0.39, 0.29) is 8.07 Å². The first-order chi connectivity index (χ1) is 6.20. The Morgan fingerprint density at radius 1 is 1.15 bits per heavy atom. The second-order valence-corrected chi connectivity index (χ2v) is 5.65. The third-order valence-corrected chi connectivity index (χ3v) is 3.52. The molecule has 2 heteroatoms. The molecule has 1 heterocycles. The summed E-state index contributed by atoms with van der Waals surface area (Å²) in [7, 11) is -0.0579. The van der Waals surface area contributed by atoms with E-state index in [4.69, 9.17) is 0 Å². The quantitative estimate of drug-likeness (QED) is 0.608. The van der Waals surface area contributed by atoms with Crippen LogP contribution in [0, 0.1) is 6.92 Å². The van der Waals surface area contributed by atoms with Crippen LogP contribution in [-0.4, -0.2) is 17.7 Å². The van der Waals surface area contributed by atoms with Crippen LogP contribution in [0.15, 0.2) is 30.5 Å². The summed E-state index contributed by atoms with van der Waals surface area (Å²) in [6.45, 7) is 6.74. The second-order valence-electron chi connectivity index (χ2n) is 3.52. The lowest BCUT2D eigenvalue weighted by molar-refractivity contribution is 1.29. The molecule has 0 saturated carbocycles. The molecule has 0 atom stereocenters. The molecule has 0 radical (unpaired) electrons. The zero-order valence-electron chi connectivity index (χ0n) is 8.28. The molecule has 1 aromatic heterocycles. The van der Waals surface area contributed by atoms with Gasteiger partial charge in [0.15, 0.2) is 0 Å². The smallest absolute Gasteiger partial charge is 0.0517 e. The Bertz CT molecular complexity index is 429. The minimum Gasteiger partial charge on any atom is -0.326 e. The Balaban J connectivity index is 2.78. The van der Waals surface area contributed by atoms with Crippen molar-refractivity contribution in [1.82, 2.24) is 4.34 Å². The van der Waals surface area contributed by atoms with E-state index in [1.807, 2.05) is 0 Å². The van der Waals surface area contributed by atoms with Crippen molar-refractivity contribution in [2.45, 2.75) is 6.92 Å². The van der Waals surface area contributed by atoms with Gasteiger partial charge in [0.1, 0.15) is 0 Å². The molecule has 68 valence electrons. The van der Waals surface area contributed by atoms with Gasteiger partial charge < -0.3 is 4.34 Å². The van der Waals surface area contributed by atoms with E-state index in [0.717, 1.165) is 0 Å². The van der Waals surface area contributed by atoms with Crippen molar-refractivity contribution in [1.29, 1.82) is 0 Å². The highest BCUT2D eigenvalue weighted by Crippen LogP contribution is 2.34. The van der Waals surface area contributed by atoms with Crippen LogP contribution in [0.3, 0.4) is 0 Å². The molecular weight excluding hydrogens is 177 g/mol. The number of aryl methyl sites for hydroxylation is 1. The largest absolute Gasteiger partial charge is 0.326 e. The number of hydrogen-bond acceptors (Lipinski definition) is 0. The predicted octanol–water partition coefficient (Wildman–Crippen LogP) is 3.45. The highest BCUT2D eigenvalue weighted by molar-refractivity contribution is 7.54. The number of benzene rings is 1. The summed E-state index contributed by atoms with van der Waals surface area (Å²) in [5.74, 6) is 0. The third kappa shape index (κ3) is 1.38. The molecule has 1 nitrogen and oxygen atoms in total. The molecule has 2 rings (SSSR count). The summed E-state index contributed by atoms with van der Waals surface area (Å²) < 4.78 is 2.39. The van der Waals surface area contributed by atoms with Crippen LogP contribution in [0.4, 0.5) is 0 Å². The fourth-order valence-corrected chi connectivity index (χ4v) is 2.67. The van der Waals surface area contributed by atoms with Gasteiger partial charge in [0, 0.05) is 11.6 Å². The molecule has 0 spiro atoms. The maximum absolute atomic E-state index is 2.39. The van der Waals surface area contributed by atoms with Gasteiger partial charge in [-0.2, -0.15) is 0 Å². The minimum absolute atomic E-state index is 0.0579. The van der Waals surface area contributed by atoms with Crippen molar-refractivity contribution < 1.29 is 0 Å². The lowest BCUT2D eigenvalue weighted by Crippen LogP contribution is -1.85. The summed E-state index contributed by atoms with van der Waals surface area (Å²) in [6, 6.07) is 8.61. The van der Waals surface area contributed by atoms with Gasteiger partial charge in [0.2, 0.25) is 0 Å². The lowest BCUT2D eigenvalue weighted by atomic mass is 10.2. The Hall–Kier alpha value is -0.810. The van der Waals surface area contributed by atoms with E-state index in [1.54, 1.807) is 0 Å². The van der Waals surface area contributed by atoms with Crippen molar-refractivity contribution in [3.8, 4) is 0 Å². The number of fused-ring (bicyclic) bond motifs is 1. The van der Waals surface area contributed by atoms with Crippen LogP contribution in [0.5, 0.6) is 0 Å². The van der Waals surface area contributed by atoms with E-state index in [9.17, 15) is 0 Å². The van der Waals surface area contributed by atoms with Gasteiger partial charge >= 0.3 is 0 Å². The van der Waals surface area contributed by atoms with Crippen LogP contribution >= 0.6 is 8.07 Å². The van der Waals surface area contributed by atoms with Gasteiger partial charge in [-0.1, -0.05) is 18.2 Å². The normalized spacial score (nSPS) is 11.4. The van der Waals surface area contributed by atoms with E-state index < -0.39 is 0 Å². The van der Waals surface area contributed by atoms with Crippen molar-refractivity contribution in [3.63, 3.8) is 0 Å². The van der Waals surface area contributed by atoms with Gasteiger partial charge in [-0.15, -0.1) is 0 Å². The molecule has 0 aliphatic carbocycles. The first kappa shape index (κ1) is 8.77. The summed E-state index contributed by atoms with van der Waals surface area (Å²) in [5.41, 5.74) is 2.75. The summed E-state index contributed by atoms with van der Waals surface area (Å²) in [5, 5.41) is 1.39. The predicted molar refractivity (Wildman–Crippen MR) is 60.8 cm³/mol. The van der Waals surface area contributed by atoms with Crippen LogP contribution in [0.25, 0.3) is 10.9 Å². The van der Waals surface area contributed by atoms with Gasteiger partial charge in [-0.3, -0.25) is 0 Å². The monoisotopic (exact) mass is 191 g/mol. The van der Waals surface area contributed by atoms with Crippen LogP contribution < -0.4 is 0 Å². The molecule has 0 unspecified atom stereocenters. The number of para-hydroxylation sites is 1. The third-order valence-electron chi connectivity index (χ3n) is 2.32. The number of hydrogen-bond donors (Lipinski definition) is 0. The maximum Gasteiger partial charge on any atom is 0.0517 e. The molecule has 0 amide bonds. The number of rotatable bonds is 1. The van der Waals surface area contributed by atoms with E-state index >= 15 is 0 Å². The maximum atomic E-state index is 2.39. The zero-order valence-corrected chi connectivity index (χ0v) is 9.18. The first-order valence-electron chi connectivity index (χ1n) is 4.44. The summed E-state index contributed by atoms with van der Waals surface area (Å²) in [6.07, 6.45) is 2.26. The van der Waals surface area contributed by atoms with Gasteiger partial charge in [-0.05, 0) is 40.0 Å². The highest BCUT2D eigenvalue weighted by atomic mass is 31.1. The molecule has 0 fully saturated rings. The average Bonchev–Trinajstić information content (AvgIpc) is 2.45. The standard InChI is InChI=1S/C11H14NP/c1-9-8-12(13(2)3)11-7-5-4-6-10(9)11/h4-8H,1-3H3. The van der Waals surface area contributed by atoms with Gasteiger partial charge in [0.25, 0.3) is 0 Å². The molecular formula is C11H14NP. The average molecular weight is 191 g/mol. The Labute approximate surface area is 80.2 Å². The van der Waals surface area contributed by atoms with Crippen molar-refractivity contribution in [2.75, 3.05) is 13.3 Å². The molecule has 0 aliphatic rings. The number of aromatic nitrogens is 1. The van der Waals surface area contributed by atoms with Gasteiger partial charge in [0.05, 0.1) is 5.52 Å². The van der Waals surface area contributed by atoms with E-state index in [2.05, 4.69) is 55.1 Å². The van der Waals surface area contributed by atoms with Crippen molar-refractivity contribution in [3.05, 3.63) is 36.0 Å². The zero-order chi connectivity index (χ0) is 9.42. The molecule has 13 heavy (non-hydrogen) atoms. The molecule has 0 N–H and O–H groups in total. The minimum atomic E-state index is -0.0579. The lowest BCUT2D eigenvalue weighted by Gasteiger charge is -2.08. The Morgan fingerprint density at radius 2 is 1.85 bits per heavy atom. The van der Waals surface area contributed by atoms with Crippen molar-refractivity contribution >= 4 is 19.0 Å². The van der Waals surface area contributed by atoms with Crippen LogP contribution in [0.2, 0.25) is 0 Å². The molecule has 0 saturated heterocycles. The molecule has 0 aliphatic heterocycles. The molecule has 0 bridgehead atoms. The van der Waals surface area contributed by atoms with Crippen LogP contribution in [0.1, 0.15) is 5.56 Å². The molecule has 1 aromatic carbocycles.